The van der Waals surface area contributed by atoms with Gasteiger partial charge in [-0.15, -0.1) is 11.8 Å². The van der Waals surface area contributed by atoms with Gasteiger partial charge in [0.25, 0.3) is 0 Å². The number of esters is 1. The highest BCUT2D eigenvalue weighted by molar-refractivity contribution is 14.2. The maximum Gasteiger partial charge on any atom is 0.330 e. The number of halogens is 1. The fourth-order valence-electron chi connectivity index (χ4n) is 4.28. The molecule has 4 nitrogen and oxygen atoms in total. The predicted octanol–water partition coefficient (Wildman–Crippen LogP) is 8.50. The van der Waals surface area contributed by atoms with E-state index in [1.807, 2.05) is 22.8 Å². The van der Waals surface area contributed by atoms with Crippen LogP contribution in [-0.2, 0) is 9.53 Å². The molecule has 184 valence electrons. The number of hydrogen-bond acceptors (Lipinski definition) is 4. The Morgan fingerprint density at radius 3 is 2.53 bits per heavy atom. The Labute approximate surface area is 231 Å². The second kappa shape index (κ2) is 12.7. The first-order chi connectivity index (χ1) is 17.6. The minimum Gasteiger partial charge on any atom is -0.463 e. The minimum atomic E-state index is -0.329. The number of aromatic nitrogens is 2. The highest BCUT2D eigenvalue weighted by Crippen LogP contribution is 2.39. The summed E-state index contributed by atoms with van der Waals surface area (Å²) in [5.74, 6) is -0.329. The molecule has 1 unspecified atom stereocenters. The summed E-state index contributed by atoms with van der Waals surface area (Å²) >= 11 is 4.13. The molecule has 3 aromatic carbocycles. The molecular weight excluding hydrogens is 598 g/mol. The summed E-state index contributed by atoms with van der Waals surface area (Å²) in [5, 5.41) is 5.69. The number of ether oxygens (including phenoxy) is 1. The second-order valence-electron chi connectivity index (χ2n) is 8.03. The largest absolute Gasteiger partial charge is 0.463 e. The van der Waals surface area contributed by atoms with E-state index in [-0.39, 0.29) is 5.97 Å². The summed E-state index contributed by atoms with van der Waals surface area (Å²) in [6.45, 7) is 4.39. The van der Waals surface area contributed by atoms with Crippen LogP contribution in [0.3, 0.4) is 0 Å². The molecule has 4 aromatic rings. The average Bonchev–Trinajstić information content (AvgIpc) is 3.33. The third kappa shape index (κ3) is 5.93. The van der Waals surface area contributed by atoms with Gasteiger partial charge in [-0.05, 0) is 99.3 Å². The van der Waals surface area contributed by atoms with E-state index in [1.165, 1.54) is 33.2 Å². The van der Waals surface area contributed by atoms with Gasteiger partial charge in [0.2, 0.25) is 0 Å². The molecule has 1 atom stereocenters. The van der Waals surface area contributed by atoms with Crippen molar-refractivity contribution in [3.8, 4) is 0 Å². The molecule has 0 bridgehead atoms. The maximum absolute atomic E-state index is 11.7. The Balaban J connectivity index is 1.87. The van der Waals surface area contributed by atoms with Gasteiger partial charge < -0.3 is 4.74 Å². The molecule has 0 fully saturated rings. The zero-order valence-corrected chi connectivity index (χ0v) is 24.5. The SMILES string of the molecule is CCOC(=O)/C=C/c1ccc(/C(=C(/CC)c2ccccc2SC)c2ccc3c(cnn3PI)c2)cc1. The van der Waals surface area contributed by atoms with Gasteiger partial charge in [0.15, 0.2) is 0 Å². The lowest BCUT2D eigenvalue weighted by Gasteiger charge is -2.18. The maximum atomic E-state index is 11.7. The smallest absolute Gasteiger partial charge is 0.330 e. The summed E-state index contributed by atoms with van der Waals surface area (Å²) in [4.78, 5) is 13.0. The first kappa shape index (κ1) is 26.6. The van der Waals surface area contributed by atoms with E-state index in [1.54, 1.807) is 24.8 Å². The number of hydrogen-bond donors (Lipinski definition) is 0. The molecule has 1 aromatic heterocycles. The zero-order chi connectivity index (χ0) is 25.5. The number of carbonyl (C=O) groups is 1. The number of nitrogens with zero attached hydrogens (tertiary/aromatic N) is 2. The zero-order valence-electron chi connectivity index (χ0n) is 20.5. The third-order valence-electron chi connectivity index (χ3n) is 5.92. The van der Waals surface area contributed by atoms with Crippen molar-refractivity contribution in [1.82, 2.24) is 9.55 Å². The topological polar surface area (TPSA) is 44.1 Å². The van der Waals surface area contributed by atoms with Crippen LogP contribution in [-0.4, -0.2) is 28.4 Å². The first-order valence-corrected chi connectivity index (χ1v) is 17.0. The Morgan fingerprint density at radius 1 is 1.08 bits per heavy atom. The van der Waals surface area contributed by atoms with Crippen LogP contribution >= 0.6 is 40.2 Å². The third-order valence-corrected chi connectivity index (χ3v) is 8.61. The van der Waals surface area contributed by atoms with Crippen LogP contribution in [0.4, 0.5) is 0 Å². The second-order valence-corrected chi connectivity index (χ2v) is 10.9. The molecule has 0 radical (unpaired) electrons. The standard InChI is InChI=1S/C29H28IN2O2PS/c1-4-24(25-8-6-7-9-27(25)36-3)29(22-15-16-26-23(18-22)19-31-32(26)35-30)21-13-10-20(11-14-21)12-17-28(33)34-5-2/h6-19,35H,4-5H2,1-3H3/b17-12+,29-24+. The summed E-state index contributed by atoms with van der Waals surface area (Å²) in [6.07, 6.45) is 8.80. The lowest BCUT2D eigenvalue weighted by atomic mass is 9.87. The van der Waals surface area contributed by atoms with Crippen LogP contribution in [0, 0.1) is 0 Å². The molecule has 0 saturated heterocycles. The van der Waals surface area contributed by atoms with Crippen LogP contribution in [0.1, 0.15) is 42.5 Å². The molecule has 0 aliphatic rings. The molecule has 0 N–H and O–H groups in total. The first-order valence-electron chi connectivity index (χ1n) is 11.8. The van der Waals surface area contributed by atoms with Gasteiger partial charge in [-0.25, -0.2) is 9.25 Å². The van der Waals surface area contributed by atoms with Gasteiger partial charge in [0, 0.05) is 16.4 Å². The molecule has 36 heavy (non-hydrogen) atoms. The number of fused-ring (bicyclic) bond motifs is 1. The van der Waals surface area contributed by atoms with E-state index < -0.39 is 0 Å². The van der Waals surface area contributed by atoms with E-state index in [0.717, 1.165) is 28.5 Å². The van der Waals surface area contributed by atoms with Gasteiger partial charge in [-0.2, -0.15) is 5.10 Å². The number of thioether (sulfide) groups is 1. The molecule has 0 saturated carbocycles. The van der Waals surface area contributed by atoms with Crippen molar-refractivity contribution in [2.75, 3.05) is 12.9 Å². The lowest BCUT2D eigenvalue weighted by Crippen LogP contribution is -1.98. The fraction of sp³-hybridized carbons (Fsp3) is 0.172. The van der Waals surface area contributed by atoms with Crippen LogP contribution in [0.15, 0.2) is 83.9 Å². The Kier molecular flexibility index (Phi) is 9.41. The molecule has 4 rings (SSSR count). The van der Waals surface area contributed by atoms with Gasteiger partial charge >= 0.3 is 5.97 Å². The van der Waals surface area contributed by atoms with Gasteiger partial charge in [0.1, 0.15) is 0 Å². The monoisotopic (exact) mass is 626 g/mol. The van der Waals surface area contributed by atoms with Crippen molar-refractivity contribution < 1.29 is 9.53 Å². The lowest BCUT2D eigenvalue weighted by molar-refractivity contribution is -0.137. The summed E-state index contributed by atoms with van der Waals surface area (Å²) < 4.78 is 7.04. The Morgan fingerprint density at radius 2 is 1.83 bits per heavy atom. The van der Waals surface area contributed by atoms with E-state index in [4.69, 9.17) is 4.74 Å². The predicted molar refractivity (Wildman–Crippen MR) is 164 cm³/mol. The van der Waals surface area contributed by atoms with Crippen molar-refractivity contribution in [2.45, 2.75) is 25.2 Å². The summed E-state index contributed by atoms with van der Waals surface area (Å²) in [5.41, 5.74) is 8.18. The summed E-state index contributed by atoms with van der Waals surface area (Å²) in [6, 6.07) is 23.6. The number of allylic oxidation sites excluding steroid dienone is 1. The van der Waals surface area contributed by atoms with Crippen molar-refractivity contribution in [2.24, 2.45) is 0 Å². The molecule has 1 heterocycles. The molecule has 7 heteroatoms. The van der Waals surface area contributed by atoms with Crippen molar-refractivity contribution >= 4 is 74.3 Å². The van der Waals surface area contributed by atoms with Gasteiger partial charge in [-0.3, -0.25) is 0 Å². The Hall–Kier alpha value is -2.41. The number of rotatable bonds is 9. The minimum absolute atomic E-state index is 0.329. The van der Waals surface area contributed by atoms with Crippen LogP contribution < -0.4 is 0 Å². The normalized spacial score (nSPS) is 12.6. The average molecular weight is 627 g/mol. The van der Waals surface area contributed by atoms with E-state index in [2.05, 4.69) is 94.9 Å². The van der Waals surface area contributed by atoms with Crippen LogP contribution in [0.5, 0.6) is 0 Å². The molecule has 0 aliphatic carbocycles. The van der Waals surface area contributed by atoms with E-state index in [9.17, 15) is 4.79 Å². The van der Waals surface area contributed by atoms with Crippen molar-refractivity contribution in [1.29, 1.82) is 0 Å². The summed E-state index contributed by atoms with van der Waals surface area (Å²) in [7, 11) is 0. The molecule has 0 aliphatic heterocycles. The molecular formula is C29H28IN2O2PS. The van der Waals surface area contributed by atoms with Crippen molar-refractivity contribution in [3.63, 3.8) is 0 Å². The van der Waals surface area contributed by atoms with E-state index >= 15 is 0 Å². The molecule has 0 spiro atoms. The van der Waals surface area contributed by atoms with Gasteiger partial charge in [-0.1, -0.05) is 55.5 Å². The number of benzene rings is 3. The van der Waals surface area contributed by atoms with Crippen LogP contribution in [0.2, 0.25) is 0 Å². The van der Waals surface area contributed by atoms with E-state index in [0.29, 0.717) is 13.0 Å². The fourth-order valence-corrected chi connectivity index (χ4v) is 6.46. The molecule has 0 amide bonds. The highest BCUT2D eigenvalue weighted by Gasteiger charge is 2.16. The number of carbonyl (C=O) groups excluding carboxylic acids is 1. The van der Waals surface area contributed by atoms with Crippen molar-refractivity contribution in [3.05, 3.63) is 101 Å². The van der Waals surface area contributed by atoms with Crippen LogP contribution in [0.25, 0.3) is 28.1 Å². The van der Waals surface area contributed by atoms with Gasteiger partial charge in [0.05, 0.1) is 24.7 Å². The highest BCUT2D eigenvalue weighted by atomic mass is 127. The Bertz CT molecular complexity index is 1430. The quantitative estimate of drug-likeness (QED) is 0.0467.